The number of hydrogen-bond donors (Lipinski definition) is 1. The summed E-state index contributed by atoms with van der Waals surface area (Å²) in [5, 5.41) is 7.85. The minimum absolute atomic E-state index is 0.0491. The highest BCUT2D eigenvalue weighted by atomic mass is 35.5. The van der Waals surface area contributed by atoms with E-state index in [2.05, 4.69) is 10.4 Å². The molecule has 0 aromatic carbocycles. The minimum Gasteiger partial charge on any atom is -0.383 e. The molecule has 1 aromatic heterocycles. The minimum atomic E-state index is 0.0491. The van der Waals surface area contributed by atoms with Crippen molar-refractivity contribution in [1.82, 2.24) is 15.1 Å². The van der Waals surface area contributed by atoms with E-state index in [1.807, 2.05) is 0 Å². The summed E-state index contributed by atoms with van der Waals surface area (Å²) in [6.07, 6.45) is 4.19. The lowest BCUT2D eigenvalue weighted by atomic mass is 10.1. The van der Waals surface area contributed by atoms with Crippen molar-refractivity contribution < 1.29 is 9.53 Å². The number of aromatic nitrogens is 2. The fraction of sp³-hybridized carbons (Fsp3) is 0.667. The number of ether oxygens (including phenoxy) is 1. The molecule has 0 bridgehead atoms. The van der Waals surface area contributed by atoms with Crippen LogP contribution >= 0.6 is 11.6 Å². The van der Waals surface area contributed by atoms with E-state index in [1.165, 1.54) is 6.20 Å². The third-order valence-corrected chi connectivity index (χ3v) is 3.44. The second-order valence-corrected chi connectivity index (χ2v) is 4.88. The van der Waals surface area contributed by atoms with Gasteiger partial charge in [-0.1, -0.05) is 11.6 Å². The highest BCUT2D eigenvalue weighted by Gasteiger charge is 2.23. The van der Waals surface area contributed by atoms with Crippen molar-refractivity contribution in [1.29, 1.82) is 0 Å². The van der Waals surface area contributed by atoms with Crippen LogP contribution in [0.4, 0.5) is 0 Å². The van der Waals surface area contributed by atoms with Crippen LogP contribution in [0.25, 0.3) is 0 Å². The molecule has 1 saturated heterocycles. The summed E-state index contributed by atoms with van der Waals surface area (Å²) in [6.45, 7) is 2.05. The van der Waals surface area contributed by atoms with Crippen molar-refractivity contribution in [2.75, 3.05) is 20.3 Å². The second kappa shape index (κ2) is 6.31. The predicted octanol–water partition coefficient (Wildman–Crippen LogP) is 1.51. The summed E-state index contributed by atoms with van der Waals surface area (Å²) in [5.74, 6) is 0.0491. The van der Waals surface area contributed by atoms with Gasteiger partial charge in [-0.3, -0.25) is 9.48 Å². The highest BCUT2D eigenvalue weighted by Crippen LogP contribution is 2.19. The highest BCUT2D eigenvalue weighted by molar-refractivity contribution is 6.33. The number of Topliss-reactive ketones (excluding diaryl/α,β-unsaturated/α-hetero) is 1. The first kappa shape index (κ1) is 13.5. The topological polar surface area (TPSA) is 56.2 Å². The van der Waals surface area contributed by atoms with Gasteiger partial charge in [0.25, 0.3) is 0 Å². The Morgan fingerprint density at radius 2 is 2.56 bits per heavy atom. The van der Waals surface area contributed by atoms with Crippen LogP contribution in [0.5, 0.6) is 0 Å². The van der Waals surface area contributed by atoms with Crippen LogP contribution in [-0.2, 0) is 11.3 Å². The molecule has 1 unspecified atom stereocenters. The number of nitrogens with one attached hydrogen (secondary N) is 1. The number of ketones is 1. The van der Waals surface area contributed by atoms with Crippen LogP contribution in [0.2, 0.25) is 5.02 Å². The largest absolute Gasteiger partial charge is 0.383 e. The maximum atomic E-state index is 12.2. The molecule has 2 heterocycles. The Labute approximate surface area is 111 Å². The van der Waals surface area contributed by atoms with E-state index in [9.17, 15) is 4.79 Å². The van der Waals surface area contributed by atoms with Gasteiger partial charge >= 0.3 is 0 Å². The number of halogens is 1. The maximum absolute atomic E-state index is 12.2. The normalized spacial score (nSPS) is 19.3. The van der Waals surface area contributed by atoms with Crippen LogP contribution in [0.3, 0.4) is 0 Å². The lowest BCUT2D eigenvalue weighted by Crippen LogP contribution is -2.26. The predicted molar refractivity (Wildman–Crippen MR) is 69.1 cm³/mol. The average molecular weight is 272 g/mol. The number of hydrogen-bond acceptors (Lipinski definition) is 4. The van der Waals surface area contributed by atoms with E-state index in [4.69, 9.17) is 16.3 Å². The summed E-state index contributed by atoms with van der Waals surface area (Å²) in [5.41, 5.74) is 0.502. The summed E-state index contributed by atoms with van der Waals surface area (Å²) in [7, 11) is 1.62. The van der Waals surface area contributed by atoms with Crippen molar-refractivity contribution in [3.63, 3.8) is 0 Å². The standard InChI is InChI=1S/C12H18ClN3O2/c1-18-6-5-16-12(10(13)8-15-16)11(17)7-9-3-2-4-14-9/h8-9,14H,2-7H2,1H3. The van der Waals surface area contributed by atoms with Gasteiger partial charge in [-0.15, -0.1) is 0 Å². The quantitative estimate of drug-likeness (QED) is 0.797. The molecular formula is C12H18ClN3O2. The SMILES string of the molecule is COCCn1ncc(Cl)c1C(=O)CC1CCCN1. The Morgan fingerprint density at radius 1 is 1.72 bits per heavy atom. The zero-order valence-electron chi connectivity index (χ0n) is 10.5. The van der Waals surface area contributed by atoms with E-state index in [1.54, 1.807) is 11.8 Å². The summed E-state index contributed by atoms with van der Waals surface area (Å²) < 4.78 is 6.62. The average Bonchev–Trinajstić information content (AvgIpc) is 2.96. The lowest BCUT2D eigenvalue weighted by molar-refractivity contribution is 0.0957. The van der Waals surface area contributed by atoms with Gasteiger partial charge in [-0.2, -0.15) is 5.10 Å². The zero-order chi connectivity index (χ0) is 13.0. The van der Waals surface area contributed by atoms with Crippen LogP contribution < -0.4 is 5.32 Å². The van der Waals surface area contributed by atoms with Crippen molar-refractivity contribution in [3.8, 4) is 0 Å². The van der Waals surface area contributed by atoms with E-state index < -0.39 is 0 Å². The molecule has 0 radical (unpaired) electrons. The van der Waals surface area contributed by atoms with Gasteiger partial charge in [0.05, 0.1) is 24.4 Å². The van der Waals surface area contributed by atoms with Gasteiger partial charge in [-0.25, -0.2) is 0 Å². The van der Waals surface area contributed by atoms with E-state index in [0.29, 0.717) is 30.3 Å². The summed E-state index contributed by atoms with van der Waals surface area (Å²) >= 11 is 6.04. The summed E-state index contributed by atoms with van der Waals surface area (Å²) in [6, 6.07) is 0.277. The first-order valence-corrected chi connectivity index (χ1v) is 6.57. The molecule has 1 fully saturated rings. The molecule has 100 valence electrons. The van der Waals surface area contributed by atoms with Crippen LogP contribution in [0, 0.1) is 0 Å². The molecule has 0 saturated carbocycles. The third-order valence-electron chi connectivity index (χ3n) is 3.16. The number of carbonyl (C=O) groups is 1. The Morgan fingerprint density at radius 3 is 3.22 bits per heavy atom. The van der Waals surface area contributed by atoms with Crippen LogP contribution in [0.1, 0.15) is 29.8 Å². The maximum Gasteiger partial charge on any atom is 0.183 e. The third kappa shape index (κ3) is 3.10. The van der Waals surface area contributed by atoms with Crippen molar-refractivity contribution in [2.45, 2.75) is 31.8 Å². The number of rotatable bonds is 6. The van der Waals surface area contributed by atoms with E-state index in [0.717, 1.165) is 19.4 Å². The zero-order valence-corrected chi connectivity index (χ0v) is 11.2. The fourth-order valence-corrected chi connectivity index (χ4v) is 2.48. The number of methoxy groups -OCH3 is 1. The van der Waals surface area contributed by atoms with E-state index in [-0.39, 0.29) is 11.8 Å². The van der Waals surface area contributed by atoms with Crippen molar-refractivity contribution >= 4 is 17.4 Å². The molecule has 1 N–H and O–H groups in total. The lowest BCUT2D eigenvalue weighted by Gasteiger charge is -2.10. The van der Waals surface area contributed by atoms with Gasteiger partial charge in [-0.05, 0) is 19.4 Å². The Kier molecular flexibility index (Phi) is 4.74. The van der Waals surface area contributed by atoms with Crippen LogP contribution in [-0.4, -0.2) is 41.9 Å². The molecule has 0 spiro atoms. The van der Waals surface area contributed by atoms with E-state index >= 15 is 0 Å². The molecule has 1 aliphatic heterocycles. The first-order valence-electron chi connectivity index (χ1n) is 6.19. The molecule has 5 nitrogen and oxygen atoms in total. The summed E-state index contributed by atoms with van der Waals surface area (Å²) in [4.78, 5) is 12.2. The molecule has 1 aromatic rings. The van der Waals surface area contributed by atoms with Crippen molar-refractivity contribution in [2.24, 2.45) is 0 Å². The molecular weight excluding hydrogens is 254 g/mol. The molecule has 18 heavy (non-hydrogen) atoms. The molecule has 0 amide bonds. The van der Waals surface area contributed by atoms with Gasteiger partial charge < -0.3 is 10.1 Å². The smallest absolute Gasteiger partial charge is 0.183 e. The number of nitrogens with zero attached hydrogens (tertiary/aromatic N) is 2. The van der Waals surface area contributed by atoms with Crippen molar-refractivity contribution in [3.05, 3.63) is 16.9 Å². The monoisotopic (exact) mass is 271 g/mol. The fourth-order valence-electron chi connectivity index (χ4n) is 2.24. The van der Waals surface area contributed by atoms with Gasteiger partial charge in [0, 0.05) is 19.6 Å². The van der Waals surface area contributed by atoms with Gasteiger partial charge in [0.2, 0.25) is 0 Å². The molecule has 1 atom stereocenters. The Bertz CT molecular complexity index is 413. The van der Waals surface area contributed by atoms with Gasteiger partial charge in [0.15, 0.2) is 5.78 Å². The Hall–Kier alpha value is -0.910. The molecule has 1 aliphatic rings. The molecule has 2 rings (SSSR count). The van der Waals surface area contributed by atoms with Crippen LogP contribution in [0.15, 0.2) is 6.20 Å². The first-order chi connectivity index (χ1) is 8.72. The Balaban J connectivity index is 2.05. The molecule has 0 aliphatic carbocycles. The van der Waals surface area contributed by atoms with Gasteiger partial charge in [0.1, 0.15) is 5.69 Å². The number of carbonyl (C=O) groups excluding carboxylic acids is 1. The second-order valence-electron chi connectivity index (χ2n) is 4.48. The molecule has 6 heteroatoms.